The summed E-state index contributed by atoms with van der Waals surface area (Å²) in [4.78, 5) is 0. The van der Waals surface area contributed by atoms with Gasteiger partial charge in [-0.2, -0.15) is 0 Å². The summed E-state index contributed by atoms with van der Waals surface area (Å²) in [5.74, 6) is 0. The SMILES string of the molecule is C=C(C)[C@H](CCO)[Si](C)(C)c1ccccc1. The van der Waals surface area contributed by atoms with Gasteiger partial charge in [0.05, 0.1) is 8.07 Å². The van der Waals surface area contributed by atoms with Crippen LogP contribution in [0.5, 0.6) is 0 Å². The first-order valence-electron chi connectivity index (χ1n) is 5.82. The Kier molecular flexibility index (Phi) is 4.51. The molecule has 0 spiro atoms. The van der Waals surface area contributed by atoms with Gasteiger partial charge in [-0.1, -0.05) is 54.2 Å². The zero-order valence-corrected chi connectivity index (χ0v) is 11.5. The summed E-state index contributed by atoms with van der Waals surface area (Å²) in [5, 5.41) is 10.6. The molecule has 0 aromatic heterocycles. The summed E-state index contributed by atoms with van der Waals surface area (Å²) in [6.07, 6.45) is 0.837. The number of rotatable bonds is 5. The molecule has 0 saturated heterocycles. The van der Waals surface area contributed by atoms with Crippen LogP contribution in [0.15, 0.2) is 42.5 Å². The minimum atomic E-state index is -1.55. The fraction of sp³-hybridized carbons (Fsp3) is 0.429. The standard InChI is InChI=1S/C14H22OSi/c1-12(2)14(10-11-15)16(3,4)13-8-6-5-7-9-13/h5-9,14-15H,1,10-11H2,2-4H3/t14-/m0/s1. The summed E-state index contributed by atoms with van der Waals surface area (Å²) in [6.45, 7) is 11.1. The zero-order valence-electron chi connectivity index (χ0n) is 10.5. The molecule has 0 saturated carbocycles. The highest BCUT2D eigenvalue weighted by atomic mass is 28.3. The molecule has 0 aliphatic carbocycles. The second-order valence-electron chi connectivity index (χ2n) is 5.00. The highest BCUT2D eigenvalue weighted by Gasteiger charge is 2.33. The highest BCUT2D eigenvalue weighted by molar-refractivity contribution is 6.91. The normalized spacial score (nSPS) is 13.5. The first-order chi connectivity index (χ1) is 7.50. The van der Waals surface area contributed by atoms with E-state index < -0.39 is 8.07 Å². The van der Waals surface area contributed by atoms with Crippen LogP contribution in [0, 0.1) is 0 Å². The summed E-state index contributed by atoms with van der Waals surface area (Å²) in [7, 11) is -1.55. The Hall–Kier alpha value is -0.863. The van der Waals surface area contributed by atoms with Gasteiger partial charge in [-0.3, -0.25) is 0 Å². The Morgan fingerprint density at radius 3 is 2.31 bits per heavy atom. The van der Waals surface area contributed by atoms with Gasteiger partial charge in [0.1, 0.15) is 0 Å². The van der Waals surface area contributed by atoms with E-state index in [1.165, 1.54) is 10.8 Å². The Labute approximate surface area is 99.8 Å². The van der Waals surface area contributed by atoms with E-state index in [1.807, 2.05) is 0 Å². The monoisotopic (exact) mass is 234 g/mol. The molecule has 88 valence electrons. The van der Waals surface area contributed by atoms with E-state index in [4.69, 9.17) is 0 Å². The van der Waals surface area contributed by atoms with E-state index in [2.05, 4.69) is 56.9 Å². The number of benzene rings is 1. The maximum absolute atomic E-state index is 9.18. The smallest absolute Gasteiger partial charge is 0.0877 e. The molecule has 0 aliphatic heterocycles. The molecule has 0 bridgehead atoms. The lowest BCUT2D eigenvalue weighted by molar-refractivity contribution is 0.287. The minimum Gasteiger partial charge on any atom is -0.396 e. The van der Waals surface area contributed by atoms with E-state index in [0.717, 1.165) is 6.42 Å². The van der Waals surface area contributed by atoms with Gasteiger partial charge in [0.2, 0.25) is 0 Å². The van der Waals surface area contributed by atoms with Gasteiger partial charge in [0.25, 0.3) is 0 Å². The van der Waals surface area contributed by atoms with Crippen LogP contribution in [-0.2, 0) is 0 Å². The van der Waals surface area contributed by atoms with Crippen molar-refractivity contribution in [1.29, 1.82) is 0 Å². The molecular formula is C14H22OSi. The van der Waals surface area contributed by atoms with Crippen molar-refractivity contribution >= 4 is 13.3 Å². The third-order valence-electron chi connectivity index (χ3n) is 3.40. The highest BCUT2D eigenvalue weighted by Crippen LogP contribution is 2.31. The molecule has 0 fully saturated rings. The molecule has 1 aromatic carbocycles. The van der Waals surface area contributed by atoms with Crippen LogP contribution in [0.4, 0.5) is 0 Å². The average molecular weight is 234 g/mol. The van der Waals surface area contributed by atoms with Gasteiger partial charge in [0.15, 0.2) is 0 Å². The predicted octanol–water partition coefficient (Wildman–Crippen LogP) is 2.93. The van der Waals surface area contributed by atoms with Crippen LogP contribution in [-0.4, -0.2) is 19.8 Å². The Morgan fingerprint density at radius 2 is 1.88 bits per heavy atom. The van der Waals surface area contributed by atoms with Crippen molar-refractivity contribution < 1.29 is 5.11 Å². The molecule has 1 N–H and O–H groups in total. The van der Waals surface area contributed by atoms with E-state index in [9.17, 15) is 5.11 Å². The van der Waals surface area contributed by atoms with Gasteiger partial charge in [-0.05, 0) is 18.9 Å². The number of aliphatic hydroxyl groups is 1. The molecule has 0 heterocycles. The van der Waals surface area contributed by atoms with Gasteiger partial charge in [-0.25, -0.2) is 0 Å². The lowest BCUT2D eigenvalue weighted by Gasteiger charge is -2.33. The van der Waals surface area contributed by atoms with Crippen LogP contribution in [0.2, 0.25) is 18.6 Å². The van der Waals surface area contributed by atoms with Crippen LogP contribution in [0.25, 0.3) is 0 Å². The molecule has 0 unspecified atom stereocenters. The maximum atomic E-state index is 9.18. The first-order valence-corrected chi connectivity index (χ1v) is 8.89. The molecule has 0 aliphatic rings. The fourth-order valence-electron chi connectivity index (χ4n) is 2.42. The molecule has 0 amide bonds. The van der Waals surface area contributed by atoms with E-state index in [-0.39, 0.29) is 6.61 Å². The van der Waals surface area contributed by atoms with Crippen molar-refractivity contribution in [3.8, 4) is 0 Å². The van der Waals surface area contributed by atoms with Crippen LogP contribution < -0.4 is 5.19 Å². The molecule has 0 radical (unpaired) electrons. The second kappa shape index (κ2) is 5.46. The third kappa shape index (κ3) is 2.83. The molecule has 16 heavy (non-hydrogen) atoms. The second-order valence-corrected chi connectivity index (χ2v) is 9.72. The topological polar surface area (TPSA) is 20.2 Å². The largest absolute Gasteiger partial charge is 0.396 e. The van der Waals surface area contributed by atoms with E-state index in [1.54, 1.807) is 0 Å². The van der Waals surface area contributed by atoms with E-state index >= 15 is 0 Å². The minimum absolute atomic E-state index is 0.251. The lowest BCUT2D eigenvalue weighted by atomic mass is 10.2. The van der Waals surface area contributed by atoms with Crippen molar-refractivity contribution in [3.05, 3.63) is 42.5 Å². The van der Waals surface area contributed by atoms with Gasteiger partial charge >= 0.3 is 0 Å². The van der Waals surface area contributed by atoms with Gasteiger partial charge in [-0.15, -0.1) is 6.58 Å². The average Bonchev–Trinajstić information content (AvgIpc) is 2.26. The van der Waals surface area contributed by atoms with Crippen LogP contribution in [0.1, 0.15) is 13.3 Å². The molecular weight excluding hydrogens is 212 g/mol. The molecule has 1 atom stereocenters. The van der Waals surface area contributed by atoms with Gasteiger partial charge in [0, 0.05) is 6.61 Å². The zero-order chi connectivity index (χ0) is 12.2. The van der Waals surface area contributed by atoms with E-state index in [0.29, 0.717) is 5.54 Å². The summed E-state index contributed by atoms with van der Waals surface area (Å²) in [5.41, 5.74) is 1.66. The Bertz CT molecular complexity index is 343. The quantitative estimate of drug-likeness (QED) is 0.613. The van der Waals surface area contributed by atoms with Crippen LogP contribution >= 0.6 is 0 Å². The predicted molar refractivity (Wildman–Crippen MR) is 73.8 cm³/mol. The molecule has 1 rings (SSSR count). The number of allylic oxidation sites excluding steroid dienone is 1. The maximum Gasteiger partial charge on any atom is 0.0877 e. The molecule has 1 nitrogen and oxygen atoms in total. The number of hydrogen-bond donors (Lipinski definition) is 1. The van der Waals surface area contributed by atoms with Crippen molar-refractivity contribution in [3.63, 3.8) is 0 Å². The van der Waals surface area contributed by atoms with Crippen molar-refractivity contribution in [1.82, 2.24) is 0 Å². The van der Waals surface area contributed by atoms with Crippen molar-refractivity contribution in [2.45, 2.75) is 32.0 Å². The van der Waals surface area contributed by atoms with Crippen molar-refractivity contribution in [2.24, 2.45) is 0 Å². The number of hydrogen-bond acceptors (Lipinski definition) is 1. The van der Waals surface area contributed by atoms with Crippen LogP contribution in [0.3, 0.4) is 0 Å². The fourth-order valence-corrected chi connectivity index (χ4v) is 5.96. The number of aliphatic hydroxyl groups excluding tert-OH is 1. The Balaban J connectivity index is 3.02. The third-order valence-corrected chi connectivity index (χ3v) is 7.75. The summed E-state index contributed by atoms with van der Waals surface area (Å²) >= 11 is 0. The summed E-state index contributed by atoms with van der Waals surface area (Å²) in [6, 6.07) is 10.7. The van der Waals surface area contributed by atoms with Crippen molar-refractivity contribution in [2.75, 3.05) is 6.61 Å². The van der Waals surface area contributed by atoms with Gasteiger partial charge < -0.3 is 5.11 Å². The first kappa shape index (κ1) is 13.2. The Morgan fingerprint density at radius 1 is 1.31 bits per heavy atom. The lowest BCUT2D eigenvalue weighted by Crippen LogP contribution is -2.46. The summed E-state index contributed by atoms with van der Waals surface area (Å²) < 4.78 is 0. The molecule has 2 heteroatoms. The molecule has 1 aromatic rings.